The van der Waals surface area contributed by atoms with Crippen molar-refractivity contribution in [3.8, 4) is 0 Å². The van der Waals surface area contributed by atoms with Crippen molar-refractivity contribution >= 4 is 27.5 Å². The number of hydrogen-bond donors (Lipinski definition) is 2. The van der Waals surface area contributed by atoms with Crippen LogP contribution in [0.5, 0.6) is 0 Å². The van der Waals surface area contributed by atoms with Crippen molar-refractivity contribution in [2.75, 3.05) is 0 Å². The number of carbonyl (C=O) groups excluding carboxylic acids is 1. The summed E-state index contributed by atoms with van der Waals surface area (Å²) in [6.07, 6.45) is 3.65. The average Bonchev–Trinajstić information content (AvgIpc) is 2.59. The molecule has 2 rings (SSSR count). The number of aromatic nitrogens is 1. The van der Waals surface area contributed by atoms with Crippen LogP contribution in [0, 0.1) is 5.92 Å². The van der Waals surface area contributed by atoms with Crippen LogP contribution in [0.2, 0.25) is 5.02 Å². The first-order valence-corrected chi connectivity index (χ1v) is 10.1. The van der Waals surface area contributed by atoms with Crippen molar-refractivity contribution in [2.24, 2.45) is 5.92 Å². The summed E-state index contributed by atoms with van der Waals surface area (Å²) in [6.45, 7) is 4.12. The maximum absolute atomic E-state index is 12.6. The van der Waals surface area contributed by atoms with E-state index >= 15 is 0 Å². The van der Waals surface area contributed by atoms with Crippen LogP contribution in [0.1, 0.15) is 25.8 Å². The van der Waals surface area contributed by atoms with E-state index in [0.717, 1.165) is 5.56 Å². The van der Waals surface area contributed by atoms with Gasteiger partial charge in [0.1, 0.15) is 10.9 Å². The highest BCUT2D eigenvalue weighted by molar-refractivity contribution is 7.89. The predicted molar refractivity (Wildman–Crippen MR) is 101 cm³/mol. The van der Waals surface area contributed by atoms with Crippen LogP contribution in [-0.4, -0.2) is 25.4 Å². The Kier molecular flexibility index (Phi) is 7.14. The fraction of sp³-hybridized carbons (Fsp3) is 0.333. The minimum absolute atomic E-state index is 0.0458. The molecule has 1 aromatic carbocycles. The van der Waals surface area contributed by atoms with E-state index in [1.165, 1.54) is 12.1 Å². The van der Waals surface area contributed by atoms with Gasteiger partial charge in [-0.1, -0.05) is 43.6 Å². The molecule has 0 aliphatic rings. The second kappa shape index (κ2) is 9.12. The molecule has 0 aliphatic heterocycles. The summed E-state index contributed by atoms with van der Waals surface area (Å²) < 4.78 is 27.8. The Labute approximate surface area is 159 Å². The zero-order chi connectivity index (χ0) is 19.2. The normalized spacial score (nSPS) is 12.8. The number of benzene rings is 1. The molecule has 0 radical (unpaired) electrons. The number of carbonyl (C=O) groups is 1. The van der Waals surface area contributed by atoms with Crippen molar-refractivity contribution < 1.29 is 13.2 Å². The molecule has 0 unspecified atom stereocenters. The summed E-state index contributed by atoms with van der Waals surface area (Å²) >= 11 is 5.99. The van der Waals surface area contributed by atoms with Crippen LogP contribution in [0.4, 0.5) is 0 Å². The number of nitrogens with zero attached hydrogens (tertiary/aromatic N) is 1. The molecule has 1 amide bonds. The third-order valence-electron chi connectivity index (χ3n) is 3.64. The monoisotopic (exact) mass is 395 g/mol. The Bertz CT molecular complexity index is 842. The lowest BCUT2D eigenvalue weighted by Crippen LogP contribution is -2.47. The Morgan fingerprint density at radius 2 is 1.92 bits per heavy atom. The van der Waals surface area contributed by atoms with E-state index in [-0.39, 0.29) is 22.4 Å². The quantitative estimate of drug-likeness (QED) is 0.719. The van der Waals surface area contributed by atoms with Crippen molar-refractivity contribution in [2.45, 2.75) is 37.8 Å². The first kappa shape index (κ1) is 20.4. The van der Waals surface area contributed by atoms with Gasteiger partial charge >= 0.3 is 0 Å². The molecule has 0 saturated carbocycles. The zero-order valence-corrected chi connectivity index (χ0v) is 16.2. The van der Waals surface area contributed by atoms with E-state index in [1.807, 2.05) is 19.9 Å². The van der Waals surface area contributed by atoms with Gasteiger partial charge in [0.05, 0.1) is 5.02 Å². The maximum Gasteiger partial charge on any atom is 0.242 e. The highest BCUT2D eigenvalue weighted by Crippen LogP contribution is 2.21. The molecule has 0 aliphatic carbocycles. The molecule has 0 fully saturated rings. The summed E-state index contributed by atoms with van der Waals surface area (Å²) in [4.78, 5) is 16.5. The van der Waals surface area contributed by atoms with E-state index in [2.05, 4.69) is 15.0 Å². The molecule has 140 valence electrons. The van der Waals surface area contributed by atoms with Crippen molar-refractivity contribution in [3.63, 3.8) is 0 Å². The highest BCUT2D eigenvalue weighted by atomic mass is 35.5. The Morgan fingerprint density at radius 3 is 2.54 bits per heavy atom. The minimum Gasteiger partial charge on any atom is -0.351 e. The van der Waals surface area contributed by atoms with Crippen molar-refractivity contribution in [1.29, 1.82) is 0 Å². The maximum atomic E-state index is 12.6. The topological polar surface area (TPSA) is 88.2 Å². The van der Waals surface area contributed by atoms with Crippen LogP contribution >= 0.6 is 11.6 Å². The largest absolute Gasteiger partial charge is 0.351 e. The number of pyridine rings is 1. The van der Waals surface area contributed by atoms with Gasteiger partial charge in [0.15, 0.2) is 0 Å². The van der Waals surface area contributed by atoms with Gasteiger partial charge in [-0.05, 0) is 36.1 Å². The molecule has 1 atom stereocenters. The van der Waals surface area contributed by atoms with Gasteiger partial charge < -0.3 is 5.32 Å². The van der Waals surface area contributed by atoms with Gasteiger partial charge in [-0.3, -0.25) is 9.78 Å². The van der Waals surface area contributed by atoms with Gasteiger partial charge in [-0.25, -0.2) is 8.42 Å². The molecule has 0 saturated heterocycles. The molecule has 2 N–H and O–H groups in total. The zero-order valence-electron chi connectivity index (χ0n) is 14.6. The lowest BCUT2D eigenvalue weighted by molar-refractivity contribution is -0.123. The first-order chi connectivity index (χ1) is 12.3. The summed E-state index contributed by atoms with van der Waals surface area (Å²) in [7, 11) is -3.92. The number of halogens is 1. The van der Waals surface area contributed by atoms with Crippen molar-refractivity contribution in [1.82, 2.24) is 15.0 Å². The van der Waals surface area contributed by atoms with Gasteiger partial charge in [0.25, 0.3) is 0 Å². The van der Waals surface area contributed by atoms with Crippen LogP contribution in [-0.2, 0) is 21.4 Å². The SMILES string of the molecule is CC(C)C[C@@H](NS(=O)(=O)c1ccccc1Cl)C(=O)NCc1cccnc1. The summed E-state index contributed by atoms with van der Waals surface area (Å²) in [5, 5.41) is 2.86. The molecule has 8 heteroatoms. The lowest BCUT2D eigenvalue weighted by atomic mass is 10.0. The highest BCUT2D eigenvalue weighted by Gasteiger charge is 2.27. The molecule has 26 heavy (non-hydrogen) atoms. The van der Waals surface area contributed by atoms with Crippen LogP contribution in [0.15, 0.2) is 53.7 Å². The van der Waals surface area contributed by atoms with Crippen LogP contribution in [0.3, 0.4) is 0 Å². The Balaban J connectivity index is 2.13. The van der Waals surface area contributed by atoms with Gasteiger partial charge in [0.2, 0.25) is 15.9 Å². The number of rotatable bonds is 8. The molecular formula is C18H22ClN3O3S. The predicted octanol–water partition coefficient (Wildman–Crippen LogP) is 2.74. The number of hydrogen-bond acceptors (Lipinski definition) is 4. The van der Waals surface area contributed by atoms with E-state index in [9.17, 15) is 13.2 Å². The number of amides is 1. The molecule has 1 aromatic heterocycles. The molecule has 6 nitrogen and oxygen atoms in total. The lowest BCUT2D eigenvalue weighted by Gasteiger charge is -2.20. The van der Waals surface area contributed by atoms with E-state index in [0.29, 0.717) is 6.42 Å². The van der Waals surface area contributed by atoms with E-state index in [1.54, 1.807) is 30.6 Å². The van der Waals surface area contributed by atoms with Gasteiger partial charge in [-0.2, -0.15) is 4.72 Å². The summed E-state index contributed by atoms with van der Waals surface area (Å²) in [5.74, 6) is -0.267. The molecular weight excluding hydrogens is 374 g/mol. The second-order valence-corrected chi connectivity index (χ2v) is 8.40. The summed E-state index contributed by atoms with van der Waals surface area (Å²) in [5.41, 5.74) is 0.832. The third-order valence-corrected chi connectivity index (χ3v) is 5.61. The van der Waals surface area contributed by atoms with Crippen LogP contribution < -0.4 is 10.0 Å². The van der Waals surface area contributed by atoms with Crippen molar-refractivity contribution in [3.05, 3.63) is 59.4 Å². The molecule has 2 aromatic rings. The second-order valence-electron chi connectivity index (χ2n) is 6.31. The Morgan fingerprint density at radius 1 is 1.19 bits per heavy atom. The van der Waals surface area contributed by atoms with Gasteiger partial charge in [-0.15, -0.1) is 0 Å². The fourth-order valence-corrected chi connectivity index (χ4v) is 4.14. The summed E-state index contributed by atoms with van der Waals surface area (Å²) in [6, 6.07) is 8.84. The number of sulfonamides is 1. The molecule has 0 spiro atoms. The third kappa shape index (κ3) is 5.79. The van der Waals surface area contributed by atoms with E-state index < -0.39 is 22.0 Å². The van der Waals surface area contributed by atoms with Gasteiger partial charge in [0, 0.05) is 18.9 Å². The first-order valence-electron chi connectivity index (χ1n) is 8.23. The van der Waals surface area contributed by atoms with Crippen LogP contribution in [0.25, 0.3) is 0 Å². The number of nitrogens with one attached hydrogen (secondary N) is 2. The standard InChI is InChI=1S/C18H22ClN3O3S/c1-13(2)10-16(18(23)21-12-14-6-5-9-20-11-14)22-26(24,25)17-8-4-3-7-15(17)19/h3-9,11,13,16,22H,10,12H2,1-2H3,(H,21,23)/t16-/m1/s1. The molecule has 0 bridgehead atoms. The minimum atomic E-state index is -3.92. The fourth-order valence-electron chi connectivity index (χ4n) is 2.41. The Hall–Kier alpha value is -1.96. The van der Waals surface area contributed by atoms with E-state index in [4.69, 9.17) is 11.6 Å². The molecule has 1 heterocycles. The average molecular weight is 396 g/mol. The smallest absolute Gasteiger partial charge is 0.242 e.